The number of carbonyl (C=O) groups excluding carboxylic acids is 1. The number of fused-ring (bicyclic) bond motifs is 1. The Morgan fingerprint density at radius 3 is 3.13 bits per heavy atom. The van der Waals surface area contributed by atoms with Gasteiger partial charge < -0.3 is 14.5 Å². The number of carbonyl (C=O) groups is 1. The third kappa shape index (κ3) is 2.74. The quantitative estimate of drug-likeness (QED) is 0.809. The summed E-state index contributed by atoms with van der Waals surface area (Å²) in [5.41, 5.74) is 2.17. The van der Waals surface area contributed by atoms with Crippen LogP contribution < -0.4 is 0 Å². The monoisotopic (exact) mass is 308 g/mol. The molecular weight excluding hydrogens is 288 g/mol. The molecule has 0 radical (unpaired) electrons. The molecule has 5 nitrogen and oxygen atoms in total. The van der Waals surface area contributed by atoms with E-state index in [4.69, 9.17) is 0 Å². The van der Waals surface area contributed by atoms with Crippen molar-refractivity contribution in [1.82, 2.24) is 19.4 Å². The van der Waals surface area contributed by atoms with Gasteiger partial charge in [-0.15, -0.1) is 0 Å². The Balaban J connectivity index is 1.48. The average molecular weight is 308 g/mol. The van der Waals surface area contributed by atoms with Crippen LogP contribution in [-0.2, 0) is 11.2 Å². The highest BCUT2D eigenvalue weighted by Crippen LogP contribution is 2.23. The first kappa shape index (κ1) is 14.1. The van der Waals surface area contributed by atoms with Crippen molar-refractivity contribution in [2.45, 2.75) is 25.3 Å². The van der Waals surface area contributed by atoms with E-state index in [1.54, 1.807) is 6.20 Å². The van der Waals surface area contributed by atoms with Crippen LogP contribution in [0.25, 0.3) is 10.9 Å². The van der Waals surface area contributed by atoms with Gasteiger partial charge in [-0.2, -0.15) is 0 Å². The zero-order chi connectivity index (χ0) is 15.6. The van der Waals surface area contributed by atoms with Gasteiger partial charge in [0, 0.05) is 42.6 Å². The molecular formula is C18H20N4O. The van der Waals surface area contributed by atoms with Gasteiger partial charge in [-0.1, -0.05) is 18.2 Å². The zero-order valence-electron chi connectivity index (χ0n) is 13.0. The highest BCUT2D eigenvalue weighted by Gasteiger charge is 2.24. The van der Waals surface area contributed by atoms with E-state index >= 15 is 0 Å². The predicted octanol–water partition coefficient (Wildman–Crippen LogP) is 2.77. The van der Waals surface area contributed by atoms with E-state index in [9.17, 15) is 4.79 Å². The molecule has 1 N–H and O–H groups in total. The topological polar surface area (TPSA) is 53.9 Å². The molecule has 1 aliphatic rings. The van der Waals surface area contributed by atoms with Crippen LogP contribution in [0.5, 0.6) is 0 Å². The first-order valence-electron chi connectivity index (χ1n) is 8.11. The molecule has 1 saturated heterocycles. The van der Waals surface area contributed by atoms with Gasteiger partial charge in [-0.25, -0.2) is 4.98 Å². The molecule has 1 aliphatic heterocycles. The van der Waals surface area contributed by atoms with E-state index in [0.29, 0.717) is 12.5 Å². The van der Waals surface area contributed by atoms with Crippen LogP contribution in [0, 0.1) is 0 Å². The van der Waals surface area contributed by atoms with E-state index < -0.39 is 0 Å². The van der Waals surface area contributed by atoms with Gasteiger partial charge in [-0.3, -0.25) is 4.79 Å². The molecule has 5 heteroatoms. The van der Waals surface area contributed by atoms with Gasteiger partial charge in [0.2, 0.25) is 5.91 Å². The second-order valence-corrected chi connectivity index (χ2v) is 6.18. The standard InChI is InChI=1S/C18H20N4O/c23-18(10-14-11-20-17-6-2-1-5-16(14)17)21-8-3-4-15(12-21)22-9-7-19-13-22/h1-2,5-7,9,11,13,15,20H,3-4,8,10,12H2/t15-/m1/s1. The SMILES string of the molecule is O=C(Cc1c[nH]c2ccccc12)N1CCC[C@@H](n2ccnc2)C1. The van der Waals surface area contributed by atoms with Crippen molar-refractivity contribution in [2.24, 2.45) is 0 Å². The molecule has 0 saturated carbocycles. The van der Waals surface area contributed by atoms with E-state index in [2.05, 4.69) is 20.6 Å². The van der Waals surface area contributed by atoms with Crippen LogP contribution in [-0.4, -0.2) is 38.4 Å². The molecule has 2 aromatic heterocycles. The van der Waals surface area contributed by atoms with Crippen molar-refractivity contribution in [1.29, 1.82) is 0 Å². The lowest BCUT2D eigenvalue weighted by atomic mass is 10.0. The second-order valence-electron chi connectivity index (χ2n) is 6.18. The number of imidazole rings is 1. The van der Waals surface area contributed by atoms with Crippen LogP contribution in [0.3, 0.4) is 0 Å². The normalized spacial score (nSPS) is 18.4. The summed E-state index contributed by atoms with van der Waals surface area (Å²) in [6.45, 7) is 1.63. The molecule has 23 heavy (non-hydrogen) atoms. The number of aromatic nitrogens is 3. The fourth-order valence-corrected chi connectivity index (χ4v) is 3.46. The minimum absolute atomic E-state index is 0.208. The van der Waals surface area contributed by atoms with Gasteiger partial charge in [0.25, 0.3) is 0 Å². The molecule has 3 aromatic rings. The minimum Gasteiger partial charge on any atom is -0.361 e. The first-order valence-corrected chi connectivity index (χ1v) is 8.11. The lowest BCUT2D eigenvalue weighted by molar-refractivity contribution is -0.132. The van der Waals surface area contributed by atoms with Crippen molar-refractivity contribution in [3.05, 3.63) is 54.7 Å². The Bertz CT molecular complexity index is 805. The molecule has 3 heterocycles. The fourth-order valence-electron chi connectivity index (χ4n) is 3.46. The summed E-state index contributed by atoms with van der Waals surface area (Å²) < 4.78 is 2.12. The molecule has 0 spiro atoms. The van der Waals surface area contributed by atoms with E-state index in [-0.39, 0.29) is 5.91 Å². The van der Waals surface area contributed by atoms with E-state index in [0.717, 1.165) is 42.4 Å². The number of benzene rings is 1. The van der Waals surface area contributed by atoms with E-state index in [1.165, 1.54) is 0 Å². The van der Waals surface area contributed by atoms with Crippen LogP contribution in [0.15, 0.2) is 49.2 Å². The third-order valence-electron chi connectivity index (χ3n) is 4.71. The molecule has 1 fully saturated rings. The zero-order valence-corrected chi connectivity index (χ0v) is 13.0. The maximum Gasteiger partial charge on any atom is 0.227 e. The number of nitrogens with zero attached hydrogens (tertiary/aromatic N) is 3. The maximum absolute atomic E-state index is 12.7. The summed E-state index contributed by atoms with van der Waals surface area (Å²) in [6, 6.07) is 8.47. The average Bonchev–Trinajstić information content (AvgIpc) is 3.25. The van der Waals surface area contributed by atoms with E-state index in [1.807, 2.05) is 41.8 Å². The Labute approximate surface area is 134 Å². The van der Waals surface area contributed by atoms with Crippen molar-refractivity contribution < 1.29 is 4.79 Å². The lowest BCUT2D eigenvalue weighted by Crippen LogP contribution is -2.41. The van der Waals surface area contributed by atoms with Gasteiger partial charge in [0.05, 0.1) is 18.8 Å². The number of hydrogen-bond donors (Lipinski definition) is 1. The highest BCUT2D eigenvalue weighted by molar-refractivity contribution is 5.88. The first-order chi connectivity index (χ1) is 11.3. The fraction of sp³-hybridized carbons (Fsp3) is 0.333. The van der Waals surface area contributed by atoms with Gasteiger partial charge >= 0.3 is 0 Å². The number of amides is 1. The van der Waals surface area contributed by atoms with Crippen LogP contribution >= 0.6 is 0 Å². The van der Waals surface area contributed by atoms with Crippen molar-refractivity contribution in [3.63, 3.8) is 0 Å². The molecule has 0 unspecified atom stereocenters. The number of para-hydroxylation sites is 1. The Hall–Kier alpha value is -2.56. The minimum atomic E-state index is 0.208. The lowest BCUT2D eigenvalue weighted by Gasteiger charge is -2.33. The maximum atomic E-state index is 12.7. The van der Waals surface area contributed by atoms with Gasteiger partial charge in [-0.05, 0) is 24.5 Å². The Kier molecular flexibility index (Phi) is 3.61. The van der Waals surface area contributed by atoms with Gasteiger partial charge in [0.15, 0.2) is 0 Å². The third-order valence-corrected chi connectivity index (χ3v) is 4.71. The van der Waals surface area contributed by atoms with Crippen molar-refractivity contribution in [2.75, 3.05) is 13.1 Å². The smallest absolute Gasteiger partial charge is 0.227 e. The number of nitrogens with one attached hydrogen (secondary N) is 1. The van der Waals surface area contributed by atoms with Crippen LogP contribution in [0.4, 0.5) is 0 Å². The molecule has 1 aromatic carbocycles. The number of H-pyrrole nitrogens is 1. The Morgan fingerprint density at radius 1 is 1.35 bits per heavy atom. The largest absolute Gasteiger partial charge is 0.361 e. The summed E-state index contributed by atoms with van der Waals surface area (Å²) in [6.07, 6.45) is 10.2. The molecule has 0 aliphatic carbocycles. The number of rotatable bonds is 3. The molecule has 1 amide bonds. The molecule has 1 atom stereocenters. The molecule has 118 valence electrons. The number of hydrogen-bond acceptors (Lipinski definition) is 2. The van der Waals surface area contributed by atoms with Crippen LogP contribution in [0.1, 0.15) is 24.4 Å². The predicted molar refractivity (Wildman–Crippen MR) is 89.1 cm³/mol. The van der Waals surface area contributed by atoms with Crippen molar-refractivity contribution in [3.8, 4) is 0 Å². The Morgan fingerprint density at radius 2 is 2.26 bits per heavy atom. The second kappa shape index (κ2) is 5.91. The summed E-state index contributed by atoms with van der Waals surface area (Å²) in [7, 11) is 0. The summed E-state index contributed by atoms with van der Waals surface area (Å²) >= 11 is 0. The summed E-state index contributed by atoms with van der Waals surface area (Å²) in [5, 5.41) is 1.14. The van der Waals surface area contributed by atoms with Crippen molar-refractivity contribution >= 4 is 16.8 Å². The van der Waals surface area contributed by atoms with Crippen LogP contribution in [0.2, 0.25) is 0 Å². The summed E-state index contributed by atoms with van der Waals surface area (Å²) in [4.78, 5) is 22.1. The number of piperidine rings is 1. The molecule has 0 bridgehead atoms. The highest BCUT2D eigenvalue weighted by atomic mass is 16.2. The number of aromatic amines is 1. The molecule has 4 rings (SSSR count). The summed E-state index contributed by atoms with van der Waals surface area (Å²) in [5.74, 6) is 0.208. The van der Waals surface area contributed by atoms with Gasteiger partial charge in [0.1, 0.15) is 0 Å². The number of likely N-dealkylation sites (tertiary alicyclic amines) is 1.